The summed E-state index contributed by atoms with van der Waals surface area (Å²) in [6, 6.07) is 40.3. The zero-order chi connectivity index (χ0) is 59.9. The van der Waals surface area contributed by atoms with E-state index in [1.54, 1.807) is 0 Å². The van der Waals surface area contributed by atoms with Crippen LogP contribution in [0.3, 0.4) is 0 Å². The summed E-state index contributed by atoms with van der Waals surface area (Å²) in [7, 11) is 0. The average molecular weight is 1310 g/mol. The molecule has 0 fully saturated rings. The molecular formula is C82H110N2W. The van der Waals surface area contributed by atoms with Crippen molar-refractivity contribution in [2.24, 2.45) is 5.92 Å². The molecule has 4 aliphatic carbocycles. The van der Waals surface area contributed by atoms with Gasteiger partial charge in [-0.1, -0.05) is 311 Å². The van der Waals surface area contributed by atoms with Crippen molar-refractivity contribution in [3.8, 4) is 24.0 Å². The Labute approximate surface area is 536 Å². The number of hydrogen-bond acceptors (Lipinski definition) is 2. The second-order valence-corrected chi connectivity index (χ2v) is 19.4. The van der Waals surface area contributed by atoms with Gasteiger partial charge in [-0.25, -0.2) is 0 Å². The molecule has 10 rings (SSSR count). The molecule has 0 radical (unpaired) electrons. The minimum Gasteiger partial charge on any atom is -0.364 e. The molecule has 85 heavy (non-hydrogen) atoms. The Balaban J connectivity index is 0.00000285. The molecule has 2 nitrogen and oxygen atoms in total. The van der Waals surface area contributed by atoms with E-state index in [1.165, 1.54) is 73.5 Å². The van der Waals surface area contributed by atoms with E-state index in [2.05, 4.69) is 262 Å². The van der Waals surface area contributed by atoms with Gasteiger partial charge in [0.25, 0.3) is 0 Å². The second kappa shape index (κ2) is 46.4. The van der Waals surface area contributed by atoms with Crippen LogP contribution in [0.25, 0.3) is 16.7 Å². The Morgan fingerprint density at radius 3 is 1.91 bits per heavy atom. The number of terminal acetylenes is 1. The maximum atomic E-state index is 4.69. The first-order chi connectivity index (χ1) is 40.5. The van der Waals surface area contributed by atoms with Crippen LogP contribution in [0.1, 0.15) is 171 Å². The van der Waals surface area contributed by atoms with Gasteiger partial charge in [0.2, 0.25) is 0 Å². The summed E-state index contributed by atoms with van der Waals surface area (Å²) in [6.07, 6.45) is 61.3. The molecular weight excluding hydrogens is 1200 g/mol. The van der Waals surface area contributed by atoms with Gasteiger partial charge in [0, 0.05) is 58.0 Å². The van der Waals surface area contributed by atoms with Crippen LogP contribution in [0.5, 0.6) is 0 Å². The Morgan fingerprint density at radius 2 is 1.26 bits per heavy atom. The Morgan fingerprint density at radius 1 is 0.647 bits per heavy atom. The Kier molecular flexibility index (Phi) is 42.6. The SMILES string of the molecule is C.C.C#C.C1=CC=CCC=C1.C=C1/C=C\C=C/CN(C2=CCCC3C(=C2)C(C)c2cc(-c4ccccc4)ccc2N3CC2C=C(c3ccccc3)C=CC2)C/C1=C\C(=C/C(C)c1ccccc1)C1=CCCCC=C1.CC.CC.CC.CC.CC.[W]. The van der Waals surface area contributed by atoms with Crippen molar-refractivity contribution in [1.82, 2.24) is 4.90 Å². The summed E-state index contributed by atoms with van der Waals surface area (Å²) in [5.41, 5.74) is 17.1. The zero-order valence-electron chi connectivity index (χ0n) is 53.0. The molecule has 4 unspecified atom stereocenters. The van der Waals surface area contributed by atoms with Crippen molar-refractivity contribution in [2.75, 3.05) is 24.5 Å². The van der Waals surface area contributed by atoms with Gasteiger partial charge in [-0.2, -0.15) is 0 Å². The largest absolute Gasteiger partial charge is 0.364 e. The number of fused-ring (bicyclic) bond motifs is 2. The van der Waals surface area contributed by atoms with Crippen molar-refractivity contribution >= 4 is 11.3 Å². The van der Waals surface area contributed by atoms with Crippen LogP contribution in [-0.4, -0.2) is 30.6 Å². The number of hydrogen-bond donors (Lipinski definition) is 0. The third-order valence-corrected chi connectivity index (χ3v) is 14.5. The zero-order valence-corrected chi connectivity index (χ0v) is 55.9. The van der Waals surface area contributed by atoms with E-state index in [1.807, 2.05) is 81.4 Å². The van der Waals surface area contributed by atoms with Crippen molar-refractivity contribution in [3.63, 3.8) is 0 Å². The predicted molar refractivity (Wildman–Crippen MR) is 382 cm³/mol. The molecule has 6 aliphatic rings. The first-order valence-corrected chi connectivity index (χ1v) is 31.2. The summed E-state index contributed by atoms with van der Waals surface area (Å²) < 4.78 is 0. The Hall–Kier alpha value is -6.91. The molecule has 0 aromatic heterocycles. The van der Waals surface area contributed by atoms with E-state index in [9.17, 15) is 0 Å². The molecule has 2 heterocycles. The fraction of sp³-hybridized carbons (Fsp3) is 0.341. The van der Waals surface area contributed by atoms with E-state index in [4.69, 9.17) is 0 Å². The van der Waals surface area contributed by atoms with E-state index < -0.39 is 0 Å². The maximum Gasteiger partial charge on any atom is 0.0515 e. The van der Waals surface area contributed by atoms with Crippen LogP contribution in [-0.2, 0) is 21.1 Å². The van der Waals surface area contributed by atoms with Gasteiger partial charge in [-0.05, 0) is 142 Å². The Bertz CT molecular complexity index is 2910. The van der Waals surface area contributed by atoms with Crippen molar-refractivity contribution in [3.05, 3.63) is 288 Å². The molecule has 0 spiro atoms. The van der Waals surface area contributed by atoms with E-state index in [0.29, 0.717) is 12.0 Å². The quantitative estimate of drug-likeness (QED) is 0.154. The van der Waals surface area contributed by atoms with Crippen LogP contribution in [0.15, 0.2) is 271 Å². The molecule has 0 amide bonds. The molecule has 0 saturated heterocycles. The molecule has 454 valence electrons. The molecule has 4 aromatic carbocycles. The first kappa shape index (κ1) is 78.1. The van der Waals surface area contributed by atoms with Crippen molar-refractivity contribution in [2.45, 2.75) is 161 Å². The van der Waals surface area contributed by atoms with E-state index >= 15 is 0 Å². The predicted octanol–water partition coefficient (Wildman–Crippen LogP) is 23.9. The summed E-state index contributed by atoms with van der Waals surface area (Å²) in [5.74, 6) is 0.957. The van der Waals surface area contributed by atoms with Crippen LogP contribution in [0, 0.1) is 18.8 Å². The third-order valence-electron chi connectivity index (χ3n) is 14.5. The van der Waals surface area contributed by atoms with Gasteiger partial charge in [-0.3, -0.25) is 0 Å². The topological polar surface area (TPSA) is 6.48 Å². The molecule has 2 aliphatic heterocycles. The van der Waals surface area contributed by atoms with Crippen LogP contribution < -0.4 is 4.90 Å². The first-order valence-electron chi connectivity index (χ1n) is 31.2. The summed E-state index contributed by atoms with van der Waals surface area (Å²) in [5, 5.41) is 0. The molecule has 0 N–H and O–H groups in total. The van der Waals surface area contributed by atoms with Gasteiger partial charge < -0.3 is 9.80 Å². The fourth-order valence-electron chi connectivity index (χ4n) is 10.6. The number of nitrogens with zero attached hydrogens (tertiary/aromatic N) is 2. The molecule has 0 saturated carbocycles. The van der Waals surface area contributed by atoms with Crippen molar-refractivity contribution < 1.29 is 21.1 Å². The van der Waals surface area contributed by atoms with E-state index in [-0.39, 0.29) is 47.8 Å². The van der Waals surface area contributed by atoms with Crippen LogP contribution >= 0.6 is 0 Å². The summed E-state index contributed by atoms with van der Waals surface area (Å²) >= 11 is 0. The number of rotatable bonds is 9. The number of benzene rings is 4. The maximum absolute atomic E-state index is 4.69. The molecule has 0 bridgehead atoms. The fourth-order valence-corrected chi connectivity index (χ4v) is 10.6. The van der Waals surface area contributed by atoms with Gasteiger partial charge in [0.05, 0.1) is 6.04 Å². The third kappa shape index (κ3) is 24.2. The summed E-state index contributed by atoms with van der Waals surface area (Å²) in [6.45, 7) is 32.0. The molecule has 4 aromatic rings. The number of anilines is 1. The number of allylic oxidation sites excluding steroid dienone is 21. The molecule has 3 heteroatoms. The molecule has 4 atom stereocenters. The van der Waals surface area contributed by atoms with Crippen LogP contribution in [0.2, 0.25) is 0 Å². The normalized spacial score (nSPS) is 19.3. The van der Waals surface area contributed by atoms with E-state index in [0.717, 1.165) is 63.7 Å². The van der Waals surface area contributed by atoms with Crippen molar-refractivity contribution in [1.29, 1.82) is 0 Å². The smallest absolute Gasteiger partial charge is 0.0515 e. The van der Waals surface area contributed by atoms with Gasteiger partial charge in [0.15, 0.2) is 0 Å². The minimum absolute atomic E-state index is 0. The van der Waals surface area contributed by atoms with Gasteiger partial charge >= 0.3 is 0 Å². The minimum atomic E-state index is 0. The average Bonchev–Trinajstić information content (AvgIpc) is 2.28. The standard InChI is InChI=1S/C61H62N2.C7H8.5C2H6.C2H2.2CH4.W/c1-45-22-10-9-19-37-62(44-56(45)40-55(52-30-11-4-5-12-31-52)38-46(2)49-24-13-6-14-25-49)57-33-21-34-60-59(42-57)47(3)58-41-54(51-28-17-8-18-29-51)35-36-61(58)63(60)43-48-23-20-32-53(39-48)50-26-15-7-16-27-50;1-2-4-6-7-5-3-1;6*1-2;;;/h6-11,13-20,22,24-33,35-36,38-42,46-48,60H,1,4-5,12,21,23,34,37,43-44H2,2-3H3;1-6H,7H2;5*1-2H3;1-2H;2*1H4;/b19-9-,22-10-,55-38+,56-40+;;;;;;;;;;. The van der Waals surface area contributed by atoms with Gasteiger partial charge in [-0.15, -0.1) is 12.8 Å². The summed E-state index contributed by atoms with van der Waals surface area (Å²) in [4.78, 5) is 5.38. The van der Waals surface area contributed by atoms with Gasteiger partial charge in [0.1, 0.15) is 0 Å². The second-order valence-electron chi connectivity index (χ2n) is 19.4. The monoisotopic (exact) mass is 1310 g/mol. The van der Waals surface area contributed by atoms with Crippen LogP contribution in [0.4, 0.5) is 5.69 Å².